The van der Waals surface area contributed by atoms with Crippen LogP contribution in [0, 0.1) is 0 Å². The van der Waals surface area contributed by atoms with Crippen LogP contribution in [0.5, 0.6) is 5.75 Å². The maximum Gasteiger partial charge on any atom is 0.416 e. The van der Waals surface area contributed by atoms with E-state index in [4.69, 9.17) is 4.74 Å². The van der Waals surface area contributed by atoms with Gasteiger partial charge in [0.25, 0.3) is 0 Å². The van der Waals surface area contributed by atoms with E-state index in [0.29, 0.717) is 0 Å². The van der Waals surface area contributed by atoms with Gasteiger partial charge in [0, 0.05) is 12.5 Å². The van der Waals surface area contributed by atoms with E-state index in [1.54, 1.807) is 12.1 Å². The molecule has 3 nitrogen and oxygen atoms in total. The van der Waals surface area contributed by atoms with E-state index in [-0.39, 0.29) is 16.9 Å². The molecular weight excluding hydrogens is 297 g/mol. The molecule has 0 saturated carbocycles. The molecule has 2 aromatic carbocycles. The molecule has 0 spiro atoms. The number of esters is 1. The number of ketones is 1. The molecule has 114 valence electrons. The maximum atomic E-state index is 12.5. The summed E-state index contributed by atoms with van der Waals surface area (Å²) in [4.78, 5) is 23.4. The van der Waals surface area contributed by atoms with Crippen LogP contribution in [0.2, 0.25) is 0 Å². The molecule has 0 aliphatic carbocycles. The molecule has 0 N–H and O–H groups in total. The molecule has 6 heteroatoms. The van der Waals surface area contributed by atoms with E-state index in [1.165, 1.54) is 19.1 Å². The normalized spacial score (nSPS) is 11.1. The zero-order chi connectivity index (χ0) is 16.3. The molecule has 0 unspecified atom stereocenters. The van der Waals surface area contributed by atoms with Gasteiger partial charge in [-0.1, -0.05) is 24.3 Å². The number of hydrogen-bond donors (Lipinski definition) is 0. The van der Waals surface area contributed by atoms with Crippen molar-refractivity contribution in [2.75, 3.05) is 0 Å². The minimum absolute atomic E-state index is 0.0693. The number of hydrogen-bond acceptors (Lipinski definition) is 3. The molecule has 0 aromatic heterocycles. The van der Waals surface area contributed by atoms with Gasteiger partial charge in [0.2, 0.25) is 0 Å². The summed E-state index contributed by atoms with van der Waals surface area (Å²) in [6.45, 7) is 1.19. The third kappa shape index (κ3) is 3.52. The van der Waals surface area contributed by atoms with E-state index < -0.39 is 23.5 Å². The molecular formula is C16H11F3O3. The second kappa shape index (κ2) is 6.01. The Kier molecular flexibility index (Phi) is 4.30. The van der Waals surface area contributed by atoms with E-state index >= 15 is 0 Å². The molecule has 2 aromatic rings. The van der Waals surface area contributed by atoms with Crippen molar-refractivity contribution in [3.63, 3.8) is 0 Å². The highest BCUT2D eigenvalue weighted by molar-refractivity contribution is 6.11. The van der Waals surface area contributed by atoms with E-state index in [1.807, 2.05) is 0 Å². The fourth-order valence-corrected chi connectivity index (χ4v) is 1.86. The van der Waals surface area contributed by atoms with Gasteiger partial charge < -0.3 is 4.74 Å². The lowest BCUT2D eigenvalue weighted by atomic mass is 10.0. The predicted octanol–water partition coefficient (Wildman–Crippen LogP) is 3.86. The molecule has 22 heavy (non-hydrogen) atoms. The average molecular weight is 308 g/mol. The van der Waals surface area contributed by atoms with Crippen LogP contribution in [0.1, 0.15) is 28.4 Å². The summed E-state index contributed by atoms with van der Waals surface area (Å²) in [6.07, 6.45) is -4.46. The Morgan fingerprint density at radius 3 is 2.09 bits per heavy atom. The Labute approximate surface area is 124 Å². The highest BCUT2D eigenvalue weighted by Crippen LogP contribution is 2.30. The van der Waals surface area contributed by atoms with Crippen LogP contribution in [0.15, 0.2) is 48.5 Å². The molecule has 0 amide bonds. The largest absolute Gasteiger partial charge is 0.426 e. The summed E-state index contributed by atoms with van der Waals surface area (Å²) >= 11 is 0. The standard InChI is InChI=1S/C16H11F3O3/c1-10(20)22-14-5-3-2-4-13(14)15(21)11-6-8-12(9-7-11)16(17,18)19/h2-9H,1H3. The van der Waals surface area contributed by atoms with Crippen molar-refractivity contribution >= 4 is 11.8 Å². The van der Waals surface area contributed by atoms with Crippen molar-refractivity contribution in [1.82, 2.24) is 0 Å². The van der Waals surface area contributed by atoms with Gasteiger partial charge in [-0.25, -0.2) is 0 Å². The van der Waals surface area contributed by atoms with Crippen LogP contribution in [-0.2, 0) is 11.0 Å². The van der Waals surface area contributed by atoms with Crippen molar-refractivity contribution in [3.05, 3.63) is 65.2 Å². The van der Waals surface area contributed by atoms with Gasteiger partial charge in [-0.05, 0) is 24.3 Å². The Morgan fingerprint density at radius 1 is 0.955 bits per heavy atom. The van der Waals surface area contributed by atoms with E-state index in [2.05, 4.69) is 0 Å². The van der Waals surface area contributed by atoms with Crippen molar-refractivity contribution in [3.8, 4) is 5.75 Å². The number of para-hydroxylation sites is 1. The van der Waals surface area contributed by atoms with Crippen LogP contribution in [0.4, 0.5) is 13.2 Å². The number of alkyl halides is 3. The van der Waals surface area contributed by atoms with E-state index in [0.717, 1.165) is 24.3 Å². The fourth-order valence-electron chi connectivity index (χ4n) is 1.86. The Hall–Kier alpha value is -2.63. The third-order valence-corrected chi connectivity index (χ3v) is 2.86. The van der Waals surface area contributed by atoms with Crippen LogP contribution in [0.25, 0.3) is 0 Å². The summed E-state index contributed by atoms with van der Waals surface area (Å²) in [5.41, 5.74) is -0.651. The number of carbonyl (C=O) groups is 2. The summed E-state index contributed by atoms with van der Waals surface area (Å²) in [5, 5.41) is 0. The Balaban J connectivity index is 2.34. The molecule has 2 rings (SSSR count). The Bertz CT molecular complexity index is 703. The zero-order valence-electron chi connectivity index (χ0n) is 11.5. The smallest absolute Gasteiger partial charge is 0.416 e. The van der Waals surface area contributed by atoms with Gasteiger partial charge in [-0.2, -0.15) is 13.2 Å². The molecule has 0 heterocycles. The number of halogens is 3. The average Bonchev–Trinajstić information content (AvgIpc) is 2.46. The minimum atomic E-state index is -4.46. The summed E-state index contributed by atoms with van der Waals surface area (Å²) in [5.74, 6) is -1.04. The monoisotopic (exact) mass is 308 g/mol. The van der Waals surface area contributed by atoms with Gasteiger partial charge >= 0.3 is 12.1 Å². The minimum Gasteiger partial charge on any atom is -0.426 e. The summed E-state index contributed by atoms with van der Waals surface area (Å²) in [6, 6.07) is 9.90. The summed E-state index contributed by atoms with van der Waals surface area (Å²) in [7, 11) is 0. The summed E-state index contributed by atoms with van der Waals surface area (Å²) < 4.78 is 42.5. The molecule has 0 saturated heterocycles. The first-order valence-corrected chi connectivity index (χ1v) is 6.28. The van der Waals surface area contributed by atoms with Gasteiger partial charge in [0.15, 0.2) is 5.78 Å². The highest BCUT2D eigenvalue weighted by Gasteiger charge is 2.30. The van der Waals surface area contributed by atoms with Crippen LogP contribution in [-0.4, -0.2) is 11.8 Å². The molecule has 0 atom stereocenters. The van der Waals surface area contributed by atoms with Gasteiger partial charge in [0.05, 0.1) is 11.1 Å². The van der Waals surface area contributed by atoms with Gasteiger partial charge in [0.1, 0.15) is 5.75 Å². The van der Waals surface area contributed by atoms with Gasteiger partial charge in [-0.15, -0.1) is 0 Å². The van der Waals surface area contributed by atoms with Crippen molar-refractivity contribution in [1.29, 1.82) is 0 Å². The predicted molar refractivity (Wildman–Crippen MR) is 72.6 cm³/mol. The SMILES string of the molecule is CC(=O)Oc1ccccc1C(=O)c1ccc(C(F)(F)F)cc1. The topological polar surface area (TPSA) is 43.4 Å². The maximum absolute atomic E-state index is 12.5. The third-order valence-electron chi connectivity index (χ3n) is 2.86. The number of carbonyl (C=O) groups excluding carboxylic acids is 2. The lowest BCUT2D eigenvalue weighted by Gasteiger charge is -2.09. The zero-order valence-corrected chi connectivity index (χ0v) is 11.5. The van der Waals surface area contributed by atoms with Crippen molar-refractivity contribution in [2.24, 2.45) is 0 Å². The van der Waals surface area contributed by atoms with Crippen molar-refractivity contribution < 1.29 is 27.5 Å². The number of ether oxygens (including phenoxy) is 1. The quantitative estimate of drug-likeness (QED) is 0.491. The second-order valence-electron chi connectivity index (χ2n) is 4.49. The second-order valence-corrected chi connectivity index (χ2v) is 4.49. The van der Waals surface area contributed by atoms with Crippen molar-refractivity contribution in [2.45, 2.75) is 13.1 Å². The molecule has 0 bridgehead atoms. The molecule has 0 aliphatic rings. The fraction of sp³-hybridized carbons (Fsp3) is 0.125. The van der Waals surface area contributed by atoms with E-state index in [9.17, 15) is 22.8 Å². The molecule has 0 fully saturated rings. The van der Waals surface area contributed by atoms with Crippen LogP contribution < -0.4 is 4.74 Å². The van der Waals surface area contributed by atoms with Crippen LogP contribution in [0.3, 0.4) is 0 Å². The highest BCUT2D eigenvalue weighted by atomic mass is 19.4. The lowest BCUT2D eigenvalue weighted by Crippen LogP contribution is -2.09. The first kappa shape index (κ1) is 15.8. The van der Waals surface area contributed by atoms with Gasteiger partial charge in [-0.3, -0.25) is 9.59 Å². The van der Waals surface area contributed by atoms with Crippen LogP contribution >= 0.6 is 0 Å². The molecule has 0 aliphatic heterocycles. The first-order chi connectivity index (χ1) is 10.3. The lowest BCUT2D eigenvalue weighted by molar-refractivity contribution is -0.137. The number of rotatable bonds is 3. The first-order valence-electron chi connectivity index (χ1n) is 6.28. The molecule has 0 radical (unpaired) electrons. The Morgan fingerprint density at radius 2 is 1.55 bits per heavy atom. The number of benzene rings is 2.